The number of aromatic nitrogens is 1. The number of thiazole rings is 1. The monoisotopic (exact) mass is 373 g/mol. The van der Waals surface area contributed by atoms with Crippen LogP contribution in [0.15, 0.2) is 42.3 Å². The molecule has 1 aromatic carbocycles. The quantitative estimate of drug-likeness (QED) is 0.726. The summed E-state index contributed by atoms with van der Waals surface area (Å²) in [5, 5.41) is 5.83. The Morgan fingerprint density at radius 1 is 1.42 bits per heavy atom. The van der Waals surface area contributed by atoms with Gasteiger partial charge in [-0.2, -0.15) is 0 Å². The molecule has 2 rings (SSSR count). The third-order valence-electron chi connectivity index (χ3n) is 3.42. The minimum absolute atomic E-state index is 0.122. The van der Waals surface area contributed by atoms with Crippen molar-refractivity contribution in [2.45, 2.75) is 46.4 Å². The molecule has 1 heterocycles. The van der Waals surface area contributed by atoms with Crippen molar-refractivity contribution in [1.29, 1.82) is 0 Å². The van der Waals surface area contributed by atoms with E-state index in [1.165, 1.54) is 11.3 Å². The Morgan fingerprint density at radius 3 is 2.85 bits per heavy atom. The van der Waals surface area contributed by atoms with E-state index < -0.39 is 0 Å². The molecule has 0 atom stereocenters. The number of ether oxygens (including phenoxy) is 1. The van der Waals surface area contributed by atoms with Crippen LogP contribution in [-0.2, 0) is 13.2 Å². The molecule has 0 bridgehead atoms. The molecule has 2 amide bonds. The first-order valence-corrected chi connectivity index (χ1v) is 9.45. The van der Waals surface area contributed by atoms with Gasteiger partial charge in [0.2, 0.25) is 0 Å². The highest BCUT2D eigenvalue weighted by molar-refractivity contribution is 7.09. The Morgan fingerprint density at radius 2 is 2.19 bits per heavy atom. The summed E-state index contributed by atoms with van der Waals surface area (Å²) in [7, 11) is 0. The molecule has 140 valence electrons. The molecule has 5 nitrogen and oxygen atoms in total. The number of urea groups is 1. The Bertz CT molecular complexity index is 750. The average Bonchev–Trinajstić information content (AvgIpc) is 2.98. The molecule has 0 aliphatic rings. The van der Waals surface area contributed by atoms with Gasteiger partial charge in [-0.25, -0.2) is 9.78 Å². The van der Waals surface area contributed by atoms with E-state index in [1.54, 1.807) is 11.0 Å². The van der Waals surface area contributed by atoms with Crippen LogP contribution in [0.5, 0.6) is 5.75 Å². The number of hydrogen-bond acceptors (Lipinski definition) is 4. The minimum Gasteiger partial charge on any atom is -0.486 e. The van der Waals surface area contributed by atoms with Crippen molar-refractivity contribution in [1.82, 2.24) is 15.2 Å². The normalized spacial score (nSPS) is 11.1. The molecule has 0 unspecified atom stereocenters. The maximum Gasteiger partial charge on any atom is 0.318 e. The summed E-state index contributed by atoms with van der Waals surface area (Å²) in [5.74, 6) is 0.833. The van der Waals surface area contributed by atoms with Crippen molar-refractivity contribution in [3.8, 4) is 5.75 Å². The fourth-order valence-electron chi connectivity index (χ4n) is 2.31. The molecule has 0 aliphatic carbocycles. The lowest BCUT2D eigenvalue weighted by molar-refractivity contribution is 0.191. The number of nitrogens with zero attached hydrogens (tertiary/aromatic N) is 2. The maximum atomic E-state index is 12.4. The standard InChI is InChI=1S/C20H27N3O2S/c1-6-10-23(19(24)22-20(3,4)5)12-16-14-26-18(21-16)13-25-17-9-7-8-15(2)11-17/h6-9,11,14H,1,10,12-13H2,2-5H3,(H,22,24). The van der Waals surface area contributed by atoms with Gasteiger partial charge in [-0.1, -0.05) is 18.2 Å². The molecule has 0 aliphatic heterocycles. The van der Waals surface area contributed by atoms with Gasteiger partial charge in [-0.05, 0) is 45.4 Å². The Hall–Kier alpha value is -2.34. The van der Waals surface area contributed by atoms with E-state index >= 15 is 0 Å². The third-order valence-corrected chi connectivity index (χ3v) is 4.29. The fraction of sp³-hybridized carbons (Fsp3) is 0.400. The van der Waals surface area contributed by atoms with Crippen LogP contribution in [0.25, 0.3) is 0 Å². The number of aryl methyl sites for hydroxylation is 1. The molecule has 1 aromatic heterocycles. The van der Waals surface area contributed by atoms with Crippen LogP contribution < -0.4 is 10.1 Å². The lowest BCUT2D eigenvalue weighted by Crippen LogP contribution is -2.48. The second-order valence-corrected chi connectivity index (χ2v) is 8.13. The van der Waals surface area contributed by atoms with E-state index in [0.717, 1.165) is 22.0 Å². The molecule has 0 fully saturated rings. The Kier molecular flexibility index (Phi) is 6.80. The molecule has 0 spiro atoms. The largest absolute Gasteiger partial charge is 0.486 e. The summed E-state index contributed by atoms with van der Waals surface area (Å²) in [6.07, 6.45) is 1.72. The van der Waals surface area contributed by atoms with E-state index in [2.05, 4.69) is 16.9 Å². The van der Waals surface area contributed by atoms with E-state index in [0.29, 0.717) is 19.7 Å². The highest BCUT2D eigenvalue weighted by Crippen LogP contribution is 2.17. The Balaban J connectivity index is 1.96. The minimum atomic E-state index is -0.286. The van der Waals surface area contributed by atoms with Gasteiger partial charge >= 0.3 is 6.03 Å². The van der Waals surface area contributed by atoms with Gasteiger partial charge in [-0.15, -0.1) is 17.9 Å². The van der Waals surface area contributed by atoms with Gasteiger partial charge in [0.1, 0.15) is 17.4 Å². The van der Waals surface area contributed by atoms with Gasteiger partial charge < -0.3 is 15.0 Å². The molecule has 2 aromatic rings. The predicted octanol–water partition coefficient (Wildman–Crippen LogP) is 4.53. The van der Waals surface area contributed by atoms with Crippen LogP contribution in [0.1, 0.15) is 37.0 Å². The van der Waals surface area contributed by atoms with Gasteiger partial charge in [-0.3, -0.25) is 0 Å². The molecule has 0 saturated heterocycles. The zero-order valence-corrected chi connectivity index (χ0v) is 16.7. The van der Waals surface area contributed by atoms with Gasteiger partial charge in [0.05, 0.1) is 12.2 Å². The zero-order chi connectivity index (χ0) is 19.2. The van der Waals surface area contributed by atoms with Crippen molar-refractivity contribution >= 4 is 17.4 Å². The maximum absolute atomic E-state index is 12.4. The fourth-order valence-corrected chi connectivity index (χ4v) is 3.00. The number of hydrogen-bond donors (Lipinski definition) is 1. The molecule has 0 saturated carbocycles. The SMILES string of the molecule is C=CCN(Cc1csc(COc2cccc(C)c2)n1)C(=O)NC(C)(C)C. The molecule has 0 radical (unpaired) electrons. The van der Waals surface area contributed by atoms with Gasteiger partial charge in [0.15, 0.2) is 0 Å². The number of benzene rings is 1. The van der Waals surface area contributed by atoms with Crippen LogP contribution >= 0.6 is 11.3 Å². The zero-order valence-electron chi connectivity index (χ0n) is 15.9. The van der Waals surface area contributed by atoms with Crippen molar-refractivity contribution in [3.63, 3.8) is 0 Å². The average molecular weight is 374 g/mol. The van der Waals surface area contributed by atoms with E-state index in [9.17, 15) is 4.79 Å². The van der Waals surface area contributed by atoms with Crippen molar-refractivity contribution in [2.75, 3.05) is 6.54 Å². The lowest BCUT2D eigenvalue weighted by atomic mass is 10.1. The second kappa shape index (κ2) is 8.85. The first-order valence-electron chi connectivity index (χ1n) is 8.57. The summed E-state index contributed by atoms with van der Waals surface area (Å²) in [6.45, 7) is 13.0. The molecule has 6 heteroatoms. The Labute approximate surface area is 159 Å². The molecule has 26 heavy (non-hydrogen) atoms. The summed E-state index contributed by atoms with van der Waals surface area (Å²) < 4.78 is 5.79. The van der Waals surface area contributed by atoms with E-state index in [1.807, 2.05) is 57.3 Å². The smallest absolute Gasteiger partial charge is 0.318 e. The lowest BCUT2D eigenvalue weighted by Gasteiger charge is -2.27. The van der Waals surface area contributed by atoms with Crippen molar-refractivity contribution in [3.05, 3.63) is 58.6 Å². The van der Waals surface area contributed by atoms with Gasteiger partial charge in [0.25, 0.3) is 0 Å². The number of amides is 2. The summed E-state index contributed by atoms with van der Waals surface area (Å²) >= 11 is 1.54. The summed E-state index contributed by atoms with van der Waals surface area (Å²) in [4.78, 5) is 18.7. The topological polar surface area (TPSA) is 54.5 Å². The number of carbonyl (C=O) groups excluding carboxylic acids is 1. The first kappa shape index (κ1) is 20.0. The molecular weight excluding hydrogens is 346 g/mol. The first-order chi connectivity index (χ1) is 12.3. The third kappa shape index (κ3) is 6.52. The number of rotatable bonds is 7. The number of nitrogens with one attached hydrogen (secondary N) is 1. The van der Waals surface area contributed by atoms with Crippen LogP contribution in [0.2, 0.25) is 0 Å². The van der Waals surface area contributed by atoms with Crippen LogP contribution in [0.4, 0.5) is 4.79 Å². The van der Waals surface area contributed by atoms with E-state index in [-0.39, 0.29) is 11.6 Å². The van der Waals surface area contributed by atoms with Crippen molar-refractivity contribution < 1.29 is 9.53 Å². The van der Waals surface area contributed by atoms with Crippen LogP contribution in [0, 0.1) is 6.92 Å². The summed E-state index contributed by atoms with van der Waals surface area (Å²) in [5.41, 5.74) is 1.72. The van der Waals surface area contributed by atoms with Crippen molar-refractivity contribution in [2.24, 2.45) is 0 Å². The summed E-state index contributed by atoms with van der Waals surface area (Å²) in [6, 6.07) is 7.81. The van der Waals surface area contributed by atoms with E-state index in [4.69, 9.17) is 4.74 Å². The highest BCUT2D eigenvalue weighted by Gasteiger charge is 2.20. The number of carbonyl (C=O) groups is 1. The molecular formula is C20H27N3O2S. The van der Waals surface area contributed by atoms with Crippen LogP contribution in [0.3, 0.4) is 0 Å². The van der Waals surface area contributed by atoms with Crippen LogP contribution in [-0.4, -0.2) is 28.0 Å². The predicted molar refractivity (Wildman–Crippen MR) is 107 cm³/mol. The van der Waals surface area contributed by atoms with Gasteiger partial charge in [0, 0.05) is 17.5 Å². The molecule has 1 N–H and O–H groups in total. The highest BCUT2D eigenvalue weighted by atomic mass is 32.1. The second-order valence-electron chi connectivity index (χ2n) is 7.19.